The number of aliphatic carboxylic acids is 1. The zero-order valence-corrected chi connectivity index (χ0v) is 14.6. The molecule has 0 bridgehead atoms. The SMILES string of the molecule is COc1ccc(-c2ccncc2)cc1CN1C[C@@H](C(F)(F)F)[C@H](C(=O)O)C1. The number of rotatable bonds is 5. The molecule has 0 spiro atoms. The summed E-state index contributed by atoms with van der Waals surface area (Å²) < 4.78 is 44.9. The molecule has 0 radical (unpaired) electrons. The Morgan fingerprint density at radius 1 is 1.22 bits per heavy atom. The van der Waals surface area contributed by atoms with Crippen LogP contribution in [0.4, 0.5) is 13.2 Å². The number of likely N-dealkylation sites (tertiary alicyclic amines) is 1. The number of ether oxygens (including phenoxy) is 1. The molecule has 1 aliphatic heterocycles. The molecule has 8 heteroatoms. The van der Waals surface area contributed by atoms with E-state index in [-0.39, 0.29) is 19.6 Å². The number of carboxylic acid groups (broad SMARTS) is 1. The highest BCUT2D eigenvalue weighted by atomic mass is 19.4. The molecule has 27 heavy (non-hydrogen) atoms. The number of carbonyl (C=O) groups is 1. The highest BCUT2D eigenvalue weighted by molar-refractivity contribution is 5.71. The lowest BCUT2D eigenvalue weighted by molar-refractivity contribution is -0.188. The highest BCUT2D eigenvalue weighted by Gasteiger charge is 2.52. The molecule has 0 saturated carbocycles. The van der Waals surface area contributed by atoms with Crippen molar-refractivity contribution in [1.29, 1.82) is 0 Å². The summed E-state index contributed by atoms with van der Waals surface area (Å²) in [5, 5.41) is 9.17. The van der Waals surface area contributed by atoms with Gasteiger partial charge in [0, 0.05) is 37.6 Å². The first-order chi connectivity index (χ1) is 12.8. The number of aromatic nitrogens is 1. The molecular formula is C19H19F3N2O3. The van der Waals surface area contributed by atoms with Crippen LogP contribution in [0.1, 0.15) is 5.56 Å². The predicted octanol–water partition coefficient (Wildman–Crippen LogP) is 3.45. The van der Waals surface area contributed by atoms with Crippen LogP contribution in [0.15, 0.2) is 42.7 Å². The van der Waals surface area contributed by atoms with Crippen molar-refractivity contribution in [3.8, 4) is 16.9 Å². The molecule has 5 nitrogen and oxygen atoms in total. The quantitative estimate of drug-likeness (QED) is 0.861. The summed E-state index contributed by atoms with van der Waals surface area (Å²) in [4.78, 5) is 16.8. The van der Waals surface area contributed by atoms with E-state index in [0.717, 1.165) is 11.1 Å². The Morgan fingerprint density at radius 3 is 2.48 bits per heavy atom. The van der Waals surface area contributed by atoms with Gasteiger partial charge in [-0.15, -0.1) is 0 Å². The Bertz CT molecular complexity index is 812. The molecule has 0 amide bonds. The van der Waals surface area contributed by atoms with Gasteiger partial charge in [-0.25, -0.2) is 0 Å². The van der Waals surface area contributed by atoms with Gasteiger partial charge >= 0.3 is 12.1 Å². The number of pyridine rings is 1. The molecule has 1 N–H and O–H groups in total. The number of alkyl halides is 3. The molecule has 2 atom stereocenters. The molecule has 144 valence electrons. The summed E-state index contributed by atoms with van der Waals surface area (Å²) in [6, 6.07) is 9.14. The predicted molar refractivity (Wildman–Crippen MR) is 92.2 cm³/mol. The molecule has 1 aromatic carbocycles. The van der Waals surface area contributed by atoms with Gasteiger partial charge in [-0.05, 0) is 35.4 Å². The van der Waals surface area contributed by atoms with Crippen molar-refractivity contribution < 1.29 is 27.8 Å². The number of hydrogen-bond donors (Lipinski definition) is 1. The van der Waals surface area contributed by atoms with Crippen LogP contribution >= 0.6 is 0 Å². The molecule has 2 aromatic rings. The van der Waals surface area contributed by atoms with Gasteiger partial charge in [0.25, 0.3) is 0 Å². The van der Waals surface area contributed by atoms with Gasteiger partial charge in [-0.2, -0.15) is 13.2 Å². The van der Waals surface area contributed by atoms with E-state index in [1.54, 1.807) is 18.5 Å². The maximum atomic E-state index is 13.2. The van der Waals surface area contributed by atoms with Gasteiger partial charge in [0.1, 0.15) is 5.75 Å². The fourth-order valence-corrected chi connectivity index (χ4v) is 3.46. The largest absolute Gasteiger partial charge is 0.496 e. The molecular weight excluding hydrogens is 361 g/mol. The standard InChI is InChI=1S/C19H19F3N2O3/c1-27-17-3-2-13(12-4-6-23-7-5-12)8-14(17)9-24-10-15(18(25)26)16(11-24)19(20,21)22/h2-8,15-16H,9-11H2,1H3,(H,25,26)/t15-,16-/m1/s1. The molecule has 1 aliphatic rings. The Labute approximate surface area is 154 Å². The van der Waals surface area contributed by atoms with Crippen LogP contribution in [0.3, 0.4) is 0 Å². The molecule has 1 aromatic heterocycles. The van der Waals surface area contributed by atoms with Crippen molar-refractivity contribution in [3.63, 3.8) is 0 Å². The van der Waals surface area contributed by atoms with Gasteiger partial charge in [-0.1, -0.05) is 6.07 Å². The minimum absolute atomic E-state index is 0.151. The fourth-order valence-electron chi connectivity index (χ4n) is 3.46. The first-order valence-corrected chi connectivity index (χ1v) is 8.38. The number of methoxy groups -OCH3 is 1. The summed E-state index contributed by atoms with van der Waals surface area (Å²) in [5.41, 5.74) is 2.51. The maximum Gasteiger partial charge on any atom is 0.393 e. The van der Waals surface area contributed by atoms with Crippen LogP contribution in [0, 0.1) is 11.8 Å². The van der Waals surface area contributed by atoms with Gasteiger partial charge in [0.15, 0.2) is 0 Å². The second-order valence-electron chi connectivity index (χ2n) is 6.55. The molecule has 1 saturated heterocycles. The topological polar surface area (TPSA) is 62.7 Å². The molecule has 3 rings (SSSR count). The van der Waals surface area contributed by atoms with Crippen LogP contribution in [0.25, 0.3) is 11.1 Å². The Hall–Kier alpha value is -2.61. The second-order valence-corrected chi connectivity index (χ2v) is 6.55. The summed E-state index contributed by atoms with van der Waals surface area (Å²) in [6.07, 6.45) is -1.23. The molecule has 0 aliphatic carbocycles. The van der Waals surface area contributed by atoms with Gasteiger partial charge < -0.3 is 9.84 Å². The van der Waals surface area contributed by atoms with Gasteiger partial charge in [0.05, 0.1) is 18.9 Å². The normalized spacial score (nSPS) is 20.6. The minimum Gasteiger partial charge on any atom is -0.496 e. The van der Waals surface area contributed by atoms with Crippen molar-refractivity contribution >= 4 is 5.97 Å². The second kappa shape index (κ2) is 7.56. The number of carboxylic acids is 1. The average molecular weight is 380 g/mol. The lowest BCUT2D eigenvalue weighted by atomic mass is 9.96. The van der Waals surface area contributed by atoms with E-state index in [9.17, 15) is 18.0 Å². The Kier molecular flexibility index (Phi) is 5.36. The Balaban J connectivity index is 1.85. The summed E-state index contributed by atoms with van der Waals surface area (Å²) in [6.45, 7) is -0.316. The van der Waals surface area contributed by atoms with Crippen LogP contribution in [0.5, 0.6) is 5.75 Å². The maximum absolute atomic E-state index is 13.2. The average Bonchev–Trinajstić information content (AvgIpc) is 3.07. The zero-order chi connectivity index (χ0) is 19.6. The third kappa shape index (κ3) is 4.21. The zero-order valence-electron chi connectivity index (χ0n) is 14.6. The van der Waals surface area contributed by atoms with Gasteiger partial charge in [0.2, 0.25) is 0 Å². The third-order valence-corrected chi connectivity index (χ3v) is 4.82. The third-order valence-electron chi connectivity index (χ3n) is 4.82. The van der Waals surface area contributed by atoms with E-state index < -0.39 is 24.0 Å². The Morgan fingerprint density at radius 2 is 1.93 bits per heavy atom. The molecule has 0 unspecified atom stereocenters. The van der Waals surface area contributed by atoms with Crippen molar-refractivity contribution in [2.45, 2.75) is 12.7 Å². The first kappa shape index (κ1) is 19.2. The first-order valence-electron chi connectivity index (χ1n) is 8.38. The highest BCUT2D eigenvalue weighted by Crippen LogP contribution is 2.39. The van der Waals surface area contributed by atoms with Crippen molar-refractivity contribution in [2.24, 2.45) is 11.8 Å². The van der Waals surface area contributed by atoms with Gasteiger partial charge in [-0.3, -0.25) is 14.7 Å². The van der Waals surface area contributed by atoms with E-state index in [1.165, 1.54) is 12.0 Å². The van der Waals surface area contributed by atoms with E-state index >= 15 is 0 Å². The minimum atomic E-state index is -4.54. The van der Waals surface area contributed by atoms with Crippen molar-refractivity contribution in [3.05, 3.63) is 48.3 Å². The monoisotopic (exact) mass is 380 g/mol. The smallest absolute Gasteiger partial charge is 0.393 e. The number of hydrogen-bond acceptors (Lipinski definition) is 4. The van der Waals surface area contributed by atoms with Crippen LogP contribution in [-0.2, 0) is 11.3 Å². The lowest BCUT2D eigenvalue weighted by Gasteiger charge is -2.19. The van der Waals surface area contributed by atoms with E-state index in [0.29, 0.717) is 11.3 Å². The van der Waals surface area contributed by atoms with E-state index in [1.807, 2.05) is 24.3 Å². The van der Waals surface area contributed by atoms with Crippen LogP contribution in [-0.4, -0.2) is 47.3 Å². The van der Waals surface area contributed by atoms with Crippen LogP contribution < -0.4 is 4.74 Å². The number of nitrogens with zero attached hydrogens (tertiary/aromatic N) is 2. The fraction of sp³-hybridized carbons (Fsp3) is 0.368. The lowest BCUT2D eigenvalue weighted by Crippen LogP contribution is -2.33. The van der Waals surface area contributed by atoms with E-state index in [2.05, 4.69) is 4.98 Å². The summed E-state index contributed by atoms with van der Waals surface area (Å²) in [7, 11) is 1.49. The molecule has 2 heterocycles. The van der Waals surface area contributed by atoms with Crippen molar-refractivity contribution in [2.75, 3.05) is 20.2 Å². The van der Waals surface area contributed by atoms with Crippen LogP contribution in [0.2, 0.25) is 0 Å². The van der Waals surface area contributed by atoms with Crippen molar-refractivity contribution in [1.82, 2.24) is 9.88 Å². The number of benzene rings is 1. The number of halogens is 3. The summed E-state index contributed by atoms with van der Waals surface area (Å²) >= 11 is 0. The molecule has 1 fully saturated rings. The summed E-state index contributed by atoms with van der Waals surface area (Å²) in [5.74, 6) is -4.20. The van der Waals surface area contributed by atoms with E-state index in [4.69, 9.17) is 9.84 Å².